The molecule has 0 saturated carbocycles. The molecule has 4 aromatic carbocycles. The zero-order valence-corrected chi connectivity index (χ0v) is 19.6. The molecule has 3 nitrogen and oxygen atoms in total. The van der Waals surface area contributed by atoms with E-state index in [2.05, 4.69) is 40.7 Å². The SMILES string of the molecule is Cl.Cl.[CH](c1ccoc1)=[Ti]([O]c1cccc2ccccc12)[O]c1cccc2ccccc12. The van der Waals surface area contributed by atoms with Crippen LogP contribution >= 0.6 is 24.8 Å². The van der Waals surface area contributed by atoms with Crippen molar-refractivity contribution in [1.82, 2.24) is 0 Å². The first-order chi connectivity index (χ1) is 14.4. The van der Waals surface area contributed by atoms with Crippen LogP contribution in [0.1, 0.15) is 5.56 Å². The monoisotopic (exact) mass is 486 g/mol. The normalized spacial score (nSPS) is 10.1. The van der Waals surface area contributed by atoms with Crippen LogP contribution in [0.3, 0.4) is 0 Å². The first-order valence-corrected chi connectivity index (χ1v) is 11.6. The Hall–Kier alpha value is -2.56. The Morgan fingerprint density at radius 2 is 1.13 bits per heavy atom. The summed E-state index contributed by atoms with van der Waals surface area (Å²) in [6.07, 6.45) is 3.38. The van der Waals surface area contributed by atoms with E-state index in [0.717, 1.165) is 38.6 Å². The third kappa shape index (κ3) is 5.20. The van der Waals surface area contributed by atoms with E-state index in [9.17, 15) is 0 Å². The Kier molecular flexibility index (Phi) is 7.94. The molecule has 0 spiro atoms. The van der Waals surface area contributed by atoms with Gasteiger partial charge in [-0.3, -0.25) is 0 Å². The average molecular weight is 487 g/mol. The minimum absolute atomic E-state index is 0. The summed E-state index contributed by atoms with van der Waals surface area (Å²) in [5.41, 5.74) is 0.973. The molecule has 5 rings (SSSR count). The Morgan fingerprint density at radius 3 is 1.65 bits per heavy atom. The molecule has 0 saturated heterocycles. The molecular formula is C25H20Cl2O3Ti. The average Bonchev–Trinajstić information content (AvgIpc) is 3.27. The summed E-state index contributed by atoms with van der Waals surface area (Å²) >= 11 is -2.61. The summed E-state index contributed by atoms with van der Waals surface area (Å²) in [5, 5.41) is 4.47. The van der Waals surface area contributed by atoms with Crippen molar-refractivity contribution in [3.8, 4) is 11.5 Å². The van der Waals surface area contributed by atoms with Gasteiger partial charge in [0.2, 0.25) is 0 Å². The van der Waals surface area contributed by atoms with E-state index in [4.69, 9.17) is 11.1 Å². The van der Waals surface area contributed by atoms with Crippen LogP contribution < -0.4 is 6.64 Å². The van der Waals surface area contributed by atoms with E-state index < -0.39 is 18.2 Å². The number of hydrogen-bond acceptors (Lipinski definition) is 3. The Labute approximate surface area is 199 Å². The van der Waals surface area contributed by atoms with Crippen molar-refractivity contribution in [2.75, 3.05) is 0 Å². The van der Waals surface area contributed by atoms with Gasteiger partial charge in [-0.1, -0.05) is 0 Å². The van der Waals surface area contributed by atoms with Crippen molar-refractivity contribution in [3.63, 3.8) is 0 Å². The van der Waals surface area contributed by atoms with Crippen molar-refractivity contribution in [2.45, 2.75) is 0 Å². The second-order valence-electron chi connectivity index (χ2n) is 6.68. The molecule has 0 radical (unpaired) electrons. The van der Waals surface area contributed by atoms with Crippen molar-refractivity contribution >= 4 is 50.7 Å². The topological polar surface area (TPSA) is 31.6 Å². The zero-order chi connectivity index (χ0) is 19.5. The maximum absolute atomic E-state index is 6.50. The van der Waals surface area contributed by atoms with Gasteiger partial charge in [0.25, 0.3) is 0 Å². The summed E-state index contributed by atoms with van der Waals surface area (Å²) in [6.45, 7) is 0. The van der Waals surface area contributed by atoms with Crippen molar-refractivity contribution in [2.24, 2.45) is 0 Å². The van der Waals surface area contributed by atoms with Crippen LogP contribution in [0, 0.1) is 0 Å². The molecule has 1 heterocycles. The number of hydrogen-bond donors (Lipinski definition) is 0. The zero-order valence-electron chi connectivity index (χ0n) is 16.4. The van der Waals surface area contributed by atoms with Gasteiger partial charge in [0, 0.05) is 0 Å². The van der Waals surface area contributed by atoms with Crippen LogP contribution in [0.2, 0.25) is 0 Å². The third-order valence-corrected chi connectivity index (χ3v) is 6.95. The molecule has 156 valence electrons. The molecule has 5 aromatic rings. The first-order valence-electron chi connectivity index (χ1n) is 9.42. The van der Waals surface area contributed by atoms with Gasteiger partial charge in [-0.25, -0.2) is 0 Å². The van der Waals surface area contributed by atoms with Gasteiger partial charge >= 0.3 is 176 Å². The summed E-state index contributed by atoms with van der Waals surface area (Å²) in [4.78, 5) is 0. The number of fused-ring (bicyclic) bond motifs is 2. The van der Waals surface area contributed by atoms with E-state index in [1.807, 2.05) is 54.6 Å². The first kappa shape index (κ1) is 23.1. The molecule has 0 unspecified atom stereocenters. The van der Waals surface area contributed by atoms with Gasteiger partial charge in [-0.15, -0.1) is 24.8 Å². The Balaban J connectivity index is 0.00000136. The number of rotatable bonds is 5. The molecule has 6 heteroatoms. The summed E-state index contributed by atoms with van der Waals surface area (Å²) in [6, 6.07) is 30.6. The van der Waals surface area contributed by atoms with Crippen LogP contribution in [0.15, 0.2) is 108 Å². The molecule has 0 aliphatic carbocycles. The third-order valence-electron chi connectivity index (χ3n) is 4.75. The molecule has 0 fully saturated rings. The number of furan rings is 1. The molecule has 31 heavy (non-hydrogen) atoms. The predicted octanol–water partition coefficient (Wildman–Crippen LogP) is 7.19. The Morgan fingerprint density at radius 1 is 0.613 bits per heavy atom. The maximum atomic E-state index is 6.50. The number of benzene rings is 4. The molecule has 0 atom stereocenters. The molecule has 0 amide bonds. The predicted molar refractivity (Wildman–Crippen MR) is 128 cm³/mol. The molecular weight excluding hydrogens is 467 g/mol. The van der Waals surface area contributed by atoms with Crippen molar-refractivity contribution in [3.05, 3.63) is 109 Å². The van der Waals surface area contributed by atoms with Gasteiger partial charge in [-0.05, 0) is 0 Å². The van der Waals surface area contributed by atoms with Gasteiger partial charge < -0.3 is 0 Å². The summed E-state index contributed by atoms with van der Waals surface area (Å²) in [5.74, 6) is 1.69. The fourth-order valence-corrected chi connectivity index (χ4v) is 5.52. The second-order valence-corrected chi connectivity index (χ2v) is 8.76. The standard InChI is InChI=1S/2C10H8O.C5H4O.2ClH.Ti/c2*11-10-7-3-5-8-4-1-2-6-9(8)10;1-5-2-3-6-4-5;;;/h2*1-7,11H;1-4H;2*1H;/q;;;;;+2/p-2. The van der Waals surface area contributed by atoms with Crippen LogP contribution in [0.5, 0.6) is 11.5 Å². The molecule has 0 aliphatic rings. The molecule has 0 N–H and O–H groups in total. The van der Waals surface area contributed by atoms with Gasteiger partial charge in [0.05, 0.1) is 0 Å². The van der Waals surface area contributed by atoms with E-state index >= 15 is 0 Å². The van der Waals surface area contributed by atoms with Gasteiger partial charge in [0.1, 0.15) is 0 Å². The molecule has 0 aliphatic heterocycles. The molecule has 0 bridgehead atoms. The van der Waals surface area contributed by atoms with Crippen molar-refractivity contribution < 1.29 is 29.2 Å². The van der Waals surface area contributed by atoms with Crippen LogP contribution in [0.4, 0.5) is 0 Å². The van der Waals surface area contributed by atoms with Gasteiger partial charge in [0.15, 0.2) is 0 Å². The second kappa shape index (κ2) is 10.7. The fourth-order valence-electron chi connectivity index (χ4n) is 3.36. The Bertz CT molecular complexity index is 1220. The van der Waals surface area contributed by atoms with Crippen LogP contribution in [0.25, 0.3) is 21.5 Å². The van der Waals surface area contributed by atoms with E-state index in [0.29, 0.717) is 0 Å². The van der Waals surface area contributed by atoms with Gasteiger partial charge in [-0.2, -0.15) is 0 Å². The van der Waals surface area contributed by atoms with E-state index in [-0.39, 0.29) is 24.8 Å². The summed E-state index contributed by atoms with van der Waals surface area (Å²) in [7, 11) is 0. The van der Waals surface area contributed by atoms with E-state index in [1.165, 1.54) is 0 Å². The van der Waals surface area contributed by atoms with Crippen LogP contribution in [-0.4, -0.2) is 4.31 Å². The van der Waals surface area contributed by atoms with Crippen LogP contribution in [-0.2, 0) is 18.2 Å². The van der Waals surface area contributed by atoms with Crippen molar-refractivity contribution in [1.29, 1.82) is 0 Å². The minimum atomic E-state index is -2.61. The quantitative estimate of drug-likeness (QED) is 0.246. The summed E-state index contributed by atoms with van der Waals surface area (Å²) < 4.78 is 20.3. The number of halogens is 2. The van der Waals surface area contributed by atoms with E-state index in [1.54, 1.807) is 12.5 Å². The fraction of sp³-hybridized carbons (Fsp3) is 0. The molecule has 1 aromatic heterocycles.